The third-order valence-corrected chi connectivity index (χ3v) is 6.43. The number of alkyl halides is 3. The number of nitrogens with one attached hydrogen (secondary N) is 1. The van der Waals surface area contributed by atoms with E-state index >= 15 is 0 Å². The Morgan fingerprint density at radius 2 is 1.80 bits per heavy atom. The maximum atomic E-state index is 13.2. The lowest BCUT2D eigenvalue weighted by atomic mass is 9.96. The Labute approximate surface area is 185 Å². The minimum atomic E-state index is -4.61. The molecule has 3 nitrogen and oxygen atoms in total. The van der Waals surface area contributed by atoms with Gasteiger partial charge in [0.25, 0.3) is 5.91 Å². The van der Waals surface area contributed by atoms with Crippen LogP contribution in [0.25, 0.3) is 0 Å². The van der Waals surface area contributed by atoms with E-state index in [0.717, 1.165) is 43.9 Å². The Bertz CT molecular complexity index is 892. The third-order valence-electron chi connectivity index (χ3n) is 6.02. The zero-order valence-electron chi connectivity index (χ0n) is 16.2. The van der Waals surface area contributed by atoms with Crippen molar-refractivity contribution in [3.8, 4) is 0 Å². The highest BCUT2D eigenvalue weighted by molar-refractivity contribution is 6.34. The average Bonchev–Trinajstić information content (AvgIpc) is 3.30. The topological polar surface area (TPSA) is 32.3 Å². The molecule has 2 aromatic carbocycles. The number of benzene rings is 2. The van der Waals surface area contributed by atoms with E-state index in [1.54, 1.807) is 0 Å². The lowest BCUT2D eigenvalue weighted by molar-refractivity contribution is -0.137. The molecule has 2 aliphatic heterocycles. The molecule has 4 rings (SSSR count). The molecule has 2 aromatic rings. The van der Waals surface area contributed by atoms with E-state index in [1.165, 1.54) is 12.1 Å². The first kappa shape index (κ1) is 22.9. The summed E-state index contributed by atoms with van der Waals surface area (Å²) in [6.07, 6.45) is -0.295. The molecule has 2 aliphatic rings. The Morgan fingerprint density at radius 3 is 2.50 bits per heavy atom. The van der Waals surface area contributed by atoms with Crippen LogP contribution < -0.4 is 5.32 Å². The number of amides is 1. The Balaban J connectivity index is 0.00000256. The van der Waals surface area contributed by atoms with Gasteiger partial charge in [-0.05, 0) is 49.9 Å². The molecule has 30 heavy (non-hydrogen) atoms. The Hall–Kier alpha value is -1.76. The van der Waals surface area contributed by atoms with Crippen molar-refractivity contribution in [1.82, 2.24) is 10.2 Å². The predicted octanol–water partition coefficient (Wildman–Crippen LogP) is 5.88. The van der Waals surface area contributed by atoms with Gasteiger partial charge in [0.15, 0.2) is 0 Å². The maximum Gasteiger partial charge on any atom is 0.417 e. The van der Waals surface area contributed by atoms with Gasteiger partial charge in [-0.2, -0.15) is 13.2 Å². The van der Waals surface area contributed by atoms with Gasteiger partial charge in [0.1, 0.15) is 0 Å². The quantitative estimate of drug-likeness (QED) is 0.620. The van der Waals surface area contributed by atoms with Crippen LogP contribution in [0.5, 0.6) is 0 Å². The van der Waals surface area contributed by atoms with Crippen LogP contribution in [0, 0.1) is 0 Å². The molecular weight excluding hydrogens is 436 g/mol. The lowest BCUT2D eigenvalue weighted by Crippen LogP contribution is -2.43. The number of halogens is 5. The highest BCUT2D eigenvalue weighted by atomic mass is 35.5. The van der Waals surface area contributed by atoms with E-state index in [2.05, 4.69) is 10.2 Å². The van der Waals surface area contributed by atoms with Crippen molar-refractivity contribution in [3.05, 3.63) is 70.2 Å². The average molecular weight is 459 g/mol. The second kappa shape index (κ2) is 9.16. The molecule has 3 atom stereocenters. The van der Waals surface area contributed by atoms with Crippen LogP contribution >= 0.6 is 24.0 Å². The lowest BCUT2D eigenvalue weighted by Gasteiger charge is -2.32. The summed E-state index contributed by atoms with van der Waals surface area (Å²) >= 11 is 5.98. The molecule has 8 heteroatoms. The van der Waals surface area contributed by atoms with Gasteiger partial charge in [0.05, 0.1) is 22.2 Å². The molecule has 0 aliphatic carbocycles. The molecule has 162 valence electrons. The van der Waals surface area contributed by atoms with Crippen LogP contribution in [0.3, 0.4) is 0 Å². The summed E-state index contributed by atoms with van der Waals surface area (Å²) < 4.78 is 39.6. The molecule has 0 saturated carbocycles. The summed E-state index contributed by atoms with van der Waals surface area (Å²) in [7, 11) is 0. The van der Waals surface area contributed by atoms with Gasteiger partial charge in [-0.15, -0.1) is 12.4 Å². The summed E-state index contributed by atoms with van der Waals surface area (Å²) in [5, 5.41) is 2.43. The zero-order valence-corrected chi connectivity index (χ0v) is 17.7. The van der Waals surface area contributed by atoms with E-state index in [4.69, 9.17) is 11.6 Å². The first-order chi connectivity index (χ1) is 13.9. The number of carbonyl (C=O) groups excluding carboxylic acids is 1. The van der Waals surface area contributed by atoms with Crippen molar-refractivity contribution >= 4 is 29.9 Å². The second-order valence-electron chi connectivity index (χ2n) is 7.71. The van der Waals surface area contributed by atoms with Gasteiger partial charge in [-0.25, -0.2) is 0 Å². The largest absolute Gasteiger partial charge is 0.417 e. The Kier molecular flexibility index (Phi) is 7.00. The molecule has 1 amide bonds. The summed E-state index contributed by atoms with van der Waals surface area (Å²) in [4.78, 5) is 15.4. The van der Waals surface area contributed by atoms with E-state index < -0.39 is 22.7 Å². The number of carbonyl (C=O) groups is 1. The summed E-state index contributed by atoms with van der Waals surface area (Å²) in [6, 6.07) is 13.4. The first-order valence-electron chi connectivity index (χ1n) is 9.83. The fourth-order valence-corrected chi connectivity index (χ4v) is 5.02. The van der Waals surface area contributed by atoms with Crippen LogP contribution in [0.15, 0.2) is 48.5 Å². The van der Waals surface area contributed by atoms with Gasteiger partial charge < -0.3 is 5.32 Å². The predicted molar refractivity (Wildman–Crippen MR) is 113 cm³/mol. The van der Waals surface area contributed by atoms with Gasteiger partial charge in [0, 0.05) is 12.1 Å². The highest BCUT2D eigenvalue weighted by Gasteiger charge is 2.42. The normalized spacial score (nSPS) is 22.3. The fraction of sp³-hybridized carbons (Fsp3) is 0.409. The number of rotatable bonds is 4. The Morgan fingerprint density at radius 1 is 1.07 bits per heavy atom. The van der Waals surface area contributed by atoms with E-state index in [-0.39, 0.29) is 30.1 Å². The smallest absolute Gasteiger partial charge is 0.344 e. The van der Waals surface area contributed by atoms with Gasteiger partial charge in [-0.1, -0.05) is 48.0 Å². The highest BCUT2D eigenvalue weighted by Crippen LogP contribution is 2.39. The van der Waals surface area contributed by atoms with Crippen LogP contribution in [0.2, 0.25) is 5.02 Å². The minimum Gasteiger partial charge on any atom is -0.344 e. The van der Waals surface area contributed by atoms with Crippen molar-refractivity contribution < 1.29 is 18.0 Å². The monoisotopic (exact) mass is 458 g/mol. The van der Waals surface area contributed by atoms with Crippen LogP contribution in [0.4, 0.5) is 13.2 Å². The number of hydrogen-bond acceptors (Lipinski definition) is 2. The maximum absolute atomic E-state index is 13.2. The summed E-state index contributed by atoms with van der Waals surface area (Å²) in [6.45, 7) is 0.985. The molecule has 0 aromatic heterocycles. The molecule has 0 spiro atoms. The van der Waals surface area contributed by atoms with Crippen LogP contribution in [0.1, 0.15) is 53.2 Å². The van der Waals surface area contributed by atoms with Crippen LogP contribution in [-0.2, 0) is 6.18 Å². The van der Waals surface area contributed by atoms with Crippen molar-refractivity contribution in [2.24, 2.45) is 0 Å². The van der Waals surface area contributed by atoms with Gasteiger partial charge in [0.2, 0.25) is 0 Å². The third kappa shape index (κ3) is 4.46. The fourth-order valence-electron chi connectivity index (χ4n) is 4.70. The molecule has 0 bridgehead atoms. The second-order valence-corrected chi connectivity index (χ2v) is 8.08. The van der Waals surface area contributed by atoms with Crippen LogP contribution in [-0.4, -0.2) is 29.4 Å². The summed E-state index contributed by atoms with van der Waals surface area (Å²) in [5.41, 5.74) is -0.205. The SMILES string of the molecule is Cl.O=C(NC(c1ccccc1)C1CCC2CCCN21)c1cccc(C(F)(F)F)c1Cl. The van der Waals surface area contributed by atoms with E-state index in [1.807, 2.05) is 30.3 Å². The standard InChI is InChI=1S/C22H22ClF3N2O.ClH/c23-19-16(9-4-10-17(19)22(24,25)26)21(29)27-20(14-6-2-1-3-7-14)18-12-11-15-8-5-13-28(15)18;/h1-4,6-7,9-10,15,18,20H,5,8,11-13H2,(H,27,29);1H. The minimum absolute atomic E-state index is 0. The van der Waals surface area contributed by atoms with E-state index in [9.17, 15) is 18.0 Å². The molecular formula is C22H23Cl2F3N2O. The van der Waals surface area contributed by atoms with Gasteiger partial charge in [-0.3, -0.25) is 9.69 Å². The molecule has 2 heterocycles. The van der Waals surface area contributed by atoms with Crippen molar-refractivity contribution in [3.63, 3.8) is 0 Å². The zero-order chi connectivity index (χ0) is 20.6. The van der Waals surface area contributed by atoms with Gasteiger partial charge >= 0.3 is 6.18 Å². The molecule has 0 radical (unpaired) electrons. The number of hydrogen-bond donors (Lipinski definition) is 1. The molecule has 2 saturated heterocycles. The molecule has 1 N–H and O–H groups in total. The first-order valence-corrected chi connectivity index (χ1v) is 10.2. The molecule has 3 unspecified atom stereocenters. The van der Waals surface area contributed by atoms with E-state index in [0.29, 0.717) is 6.04 Å². The number of fused-ring (bicyclic) bond motifs is 1. The van der Waals surface area contributed by atoms with Crippen molar-refractivity contribution in [2.45, 2.75) is 50.0 Å². The van der Waals surface area contributed by atoms with Crippen molar-refractivity contribution in [1.29, 1.82) is 0 Å². The summed E-state index contributed by atoms with van der Waals surface area (Å²) in [5.74, 6) is -0.586. The molecule has 2 fully saturated rings. The van der Waals surface area contributed by atoms with Crippen molar-refractivity contribution in [2.75, 3.05) is 6.54 Å². The number of nitrogens with zero attached hydrogens (tertiary/aromatic N) is 1.